The van der Waals surface area contributed by atoms with E-state index in [4.69, 9.17) is 4.74 Å². The third kappa shape index (κ3) is 2.46. The van der Waals surface area contributed by atoms with E-state index in [1.54, 1.807) is 6.92 Å². The van der Waals surface area contributed by atoms with Gasteiger partial charge in [-0.3, -0.25) is 4.79 Å². The first kappa shape index (κ1) is 11.6. The van der Waals surface area contributed by atoms with Crippen LogP contribution in [-0.2, 0) is 16.0 Å². The summed E-state index contributed by atoms with van der Waals surface area (Å²) in [6.07, 6.45) is 4.12. The molecule has 0 aliphatic rings. The molecule has 2 heterocycles. The fourth-order valence-corrected chi connectivity index (χ4v) is 1.73. The maximum absolute atomic E-state index is 11.4. The minimum atomic E-state index is -0.232. The van der Waals surface area contributed by atoms with Gasteiger partial charge in [0.05, 0.1) is 18.7 Å². The van der Waals surface area contributed by atoms with Gasteiger partial charge in [0.2, 0.25) is 0 Å². The van der Waals surface area contributed by atoms with Crippen LogP contribution in [-0.4, -0.2) is 22.0 Å². The van der Waals surface area contributed by atoms with Crippen LogP contribution >= 0.6 is 0 Å². The first-order chi connectivity index (χ1) is 8.10. The van der Waals surface area contributed by atoms with Crippen LogP contribution in [0.3, 0.4) is 0 Å². The molecule has 0 radical (unpaired) electrons. The Kier molecular flexibility index (Phi) is 3.13. The van der Waals surface area contributed by atoms with E-state index in [0.29, 0.717) is 6.61 Å². The fraction of sp³-hybridized carbons (Fsp3) is 0.385. The Labute approximate surface area is 100 Å². The van der Waals surface area contributed by atoms with Crippen molar-refractivity contribution >= 4 is 11.6 Å². The number of imidazole rings is 1. The molecule has 0 spiro atoms. The number of nitrogens with zero attached hydrogens (tertiary/aromatic N) is 2. The molecule has 0 amide bonds. The molecule has 0 aromatic carbocycles. The molecule has 0 N–H and O–H groups in total. The zero-order valence-corrected chi connectivity index (χ0v) is 10.4. The van der Waals surface area contributed by atoms with Crippen molar-refractivity contribution in [2.75, 3.05) is 6.61 Å². The molecular formula is C13H16N2O2. The van der Waals surface area contributed by atoms with Crippen LogP contribution < -0.4 is 0 Å². The van der Waals surface area contributed by atoms with E-state index in [9.17, 15) is 4.79 Å². The largest absolute Gasteiger partial charge is 0.466 e. The number of carbonyl (C=O) groups excluding carboxylic acids is 1. The van der Waals surface area contributed by atoms with Gasteiger partial charge in [-0.15, -0.1) is 0 Å². The van der Waals surface area contributed by atoms with Gasteiger partial charge in [0.25, 0.3) is 0 Å². The molecule has 2 rings (SSSR count). The molecule has 0 atom stereocenters. The predicted molar refractivity (Wildman–Crippen MR) is 65.0 cm³/mol. The summed E-state index contributed by atoms with van der Waals surface area (Å²) >= 11 is 0. The Bertz CT molecular complexity index is 519. The number of fused-ring (bicyclic) bond motifs is 1. The van der Waals surface area contributed by atoms with Crippen LogP contribution in [0.1, 0.15) is 23.7 Å². The number of aromatic nitrogens is 2. The van der Waals surface area contributed by atoms with Crippen LogP contribution in [0.25, 0.3) is 5.65 Å². The predicted octanol–water partition coefficient (Wildman–Crippen LogP) is 2.06. The quantitative estimate of drug-likeness (QED) is 0.761. The molecule has 0 saturated carbocycles. The zero-order valence-electron chi connectivity index (χ0n) is 10.4. The van der Waals surface area contributed by atoms with Crippen LogP contribution in [0.4, 0.5) is 0 Å². The minimum absolute atomic E-state index is 0.230. The van der Waals surface area contributed by atoms with Crippen molar-refractivity contribution in [2.45, 2.75) is 27.2 Å². The molecular weight excluding hydrogens is 216 g/mol. The number of carbonyl (C=O) groups is 1. The lowest BCUT2D eigenvalue weighted by Crippen LogP contribution is -2.07. The summed E-state index contributed by atoms with van der Waals surface area (Å²) in [6.45, 7) is 6.31. The van der Waals surface area contributed by atoms with Crippen LogP contribution in [0, 0.1) is 13.8 Å². The van der Waals surface area contributed by atoms with Crippen LogP contribution in [0.2, 0.25) is 0 Å². The summed E-state index contributed by atoms with van der Waals surface area (Å²) in [4.78, 5) is 15.8. The molecule has 4 nitrogen and oxygen atoms in total. The standard InChI is InChI=1S/C13H16N2O2/c1-4-17-13(16)6-11-8-15-7-10(3)9(2)5-12(15)14-11/h5,7-8H,4,6H2,1-3H3. The molecule has 4 heteroatoms. The molecule has 0 bridgehead atoms. The van der Waals surface area contributed by atoms with Crippen LogP contribution in [0.15, 0.2) is 18.5 Å². The summed E-state index contributed by atoms with van der Waals surface area (Å²) in [5.74, 6) is -0.232. The number of rotatable bonds is 3. The Morgan fingerprint density at radius 1 is 1.35 bits per heavy atom. The number of hydrogen-bond donors (Lipinski definition) is 0. The third-order valence-electron chi connectivity index (χ3n) is 2.74. The first-order valence-electron chi connectivity index (χ1n) is 5.70. The van der Waals surface area contributed by atoms with E-state index >= 15 is 0 Å². The van der Waals surface area contributed by atoms with Crippen molar-refractivity contribution < 1.29 is 9.53 Å². The van der Waals surface area contributed by atoms with Gasteiger partial charge in [0.1, 0.15) is 5.65 Å². The Morgan fingerprint density at radius 2 is 2.12 bits per heavy atom. The van der Waals surface area contributed by atoms with E-state index in [2.05, 4.69) is 18.8 Å². The Hall–Kier alpha value is -1.84. The fourth-order valence-electron chi connectivity index (χ4n) is 1.73. The monoisotopic (exact) mass is 232 g/mol. The normalized spacial score (nSPS) is 10.8. The van der Waals surface area contributed by atoms with Crippen LogP contribution in [0.5, 0.6) is 0 Å². The van der Waals surface area contributed by atoms with Gasteiger partial charge in [-0.2, -0.15) is 0 Å². The second kappa shape index (κ2) is 4.57. The van der Waals surface area contributed by atoms with Gasteiger partial charge >= 0.3 is 5.97 Å². The third-order valence-corrected chi connectivity index (χ3v) is 2.74. The van der Waals surface area contributed by atoms with Crippen molar-refractivity contribution in [1.82, 2.24) is 9.38 Å². The average molecular weight is 232 g/mol. The van der Waals surface area contributed by atoms with Crippen molar-refractivity contribution in [3.63, 3.8) is 0 Å². The highest BCUT2D eigenvalue weighted by atomic mass is 16.5. The van der Waals surface area contributed by atoms with E-state index in [0.717, 1.165) is 11.3 Å². The van der Waals surface area contributed by atoms with E-state index in [1.165, 1.54) is 11.1 Å². The SMILES string of the molecule is CCOC(=O)Cc1cn2cc(C)c(C)cc2n1. The van der Waals surface area contributed by atoms with E-state index in [1.807, 2.05) is 22.9 Å². The first-order valence-corrected chi connectivity index (χ1v) is 5.70. The zero-order chi connectivity index (χ0) is 12.4. The lowest BCUT2D eigenvalue weighted by Gasteiger charge is -1.99. The summed E-state index contributed by atoms with van der Waals surface area (Å²) in [5.41, 5.74) is 4.02. The molecule has 90 valence electrons. The van der Waals surface area contributed by atoms with Crippen molar-refractivity contribution in [2.24, 2.45) is 0 Å². The van der Waals surface area contributed by atoms with Gasteiger partial charge in [-0.05, 0) is 38.0 Å². The highest BCUT2D eigenvalue weighted by Crippen LogP contribution is 2.12. The van der Waals surface area contributed by atoms with Crippen molar-refractivity contribution in [3.05, 3.63) is 35.3 Å². The summed E-state index contributed by atoms with van der Waals surface area (Å²) in [7, 11) is 0. The highest BCUT2D eigenvalue weighted by Gasteiger charge is 2.08. The molecule has 0 unspecified atom stereocenters. The molecule has 0 saturated heterocycles. The number of hydrogen-bond acceptors (Lipinski definition) is 3. The maximum Gasteiger partial charge on any atom is 0.311 e. The maximum atomic E-state index is 11.4. The van der Waals surface area contributed by atoms with Gasteiger partial charge in [-0.1, -0.05) is 0 Å². The lowest BCUT2D eigenvalue weighted by atomic mass is 10.2. The molecule has 2 aromatic heterocycles. The summed E-state index contributed by atoms with van der Waals surface area (Å²) in [5, 5.41) is 0. The molecule has 0 fully saturated rings. The number of esters is 1. The van der Waals surface area contributed by atoms with Gasteiger partial charge in [-0.25, -0.2) is 4.98 Å². The average Bonchev–Trinajstić information content (AvgIpc) is 2.60. The second-order valence-electron chi connectivity index (χ2n) is 4.12. The topological polar surface area (TPSA) is 43.6 Å². The molecule has 0 aliphatic carbocycles. The number of pyridine rings is 1. The molecule has 0 aliphatic heterocycles. The van der Waals surface area contributed by atoms with Gasteiger partial charge < -0.3 is 9.14 Å². The second-order valence-corrected chi connectivity index (χ2v) is 4.12. The molecule has 2 aromatic rings. The van der Waals surface area contributed by atoms with Gasteiger partial charge in [0.15, 0.2) is 0 Å². The van der Waals surface area contributed by atoms with Gasteiger partial charge in [0, 0.05) is 12.4 Å². The minimum Gasteiger partial charge on any atom is -0.466 e. The van der Waals surface area contributed by atoms with Crippen molar-refractivity contribution in [3.8, 4) is 0 Å². The smallest absolute Gasteiger partial charge is 0.311 e. The summed E-state index contributed by atoms with van der Waals surface area (Å²) in [6, 6.07) is 2.02. The van der Waals surface area contributed by atoms with E-state index < -0.39 is 0 Å². The lowest BCUT2D eigenvalue weighted by molar-refractivity contribution is -0.142. The summed E-state index contributed by atoms with van der Waals surface area (Å²) < 4.78 is 6.84. The number of ether oxygens (including phenoxy) is 1. The Morgan fingerprint density at radius 3 is 2.82 bits per heavy atom. The molecule has 17 heavy (non-hydrogen) atoms. The van der Waals surface area contributed by atoms with E-state index in [-0.39, 0.29) is 12.4 Å². The number of aryl methyl sites for hydroxylation is 2. The highest BCUT2D eigenvalue weighted by molar-refractivity contribution is 5.72. The Balaban J connectivity index is 2.29. The van der Waals surface area contributed by atoms with Crippen molar-refractivity contribution in [1.29, 1.82) is 0 Å².